The average molecular weight is 350 g/mol. The minimum absolute atomic E-state index is 0.291. The summed E-state index contributed by atoms with van der Waals surface area (Å²) in [7, 11) is 0. The number of aryl methyl sites for hydroxylation is 1. The van der Waals surface area contributed by atoms with E-state index in [4.69, 9.17) is 10.2 Å². The van der Waals surface area contributed by atoms with E-state index in [1.807, 2.05) is 29.5 Å². The topological polar surface area (TPSA) is 52.0 Å². The predicted octanol–water partition coefficient (Wildman–Crippen LogP) is 3.46. The van der Waals surface area contributed by atoms with Gasteiger partial charge in [-0.3, -0.25) is 0 Å². The molecule has 0 aliphatic carbocycles. The van der Waals surface area contributed by atoms with E-state index in [0.29, 0.717) is 19.4 Å². The highest BCUT2D eigenvalue weighted by Crippen LogP contribution is 2.33. The lowest BCUT2D eigenvalue weighted by Gasteiger charge is -2.03. The highest BCUT2D eigenvalue weighted by molar-refractivity contribution is 14.1. The first-order valence-electron chi connectivity index (χ1n) is 4.41. The quantitative estimate of drug-likeness (QED) is 0.666. The standard InChI is InChI=1S/C10H8FIN2OS/c1-5-4-15-10(14-5)16-9-2-6(11)7(12)3-8(9)13/h2-4H,13H2,1H3. The zero-order valence-corrected chi connectivity index (χ0v) is 11.3. The number of anilines is 1. The van der Waals surface area contributed by atoms with Gasteiger partial charge < -0.3 is 10.2 Å². The van der Waals surface area contributed by atoms with Crippen molar-refractivity contribution in [3.63, 3.8) is 0 Å². The molecule has 0 bridgehead atoms. The van der Waals surface area contributed by atoms with Crippen LogP contribution in [0.1, 0.15) is 5.69 Å². The SMILES string of the molecule is Cc1coc(Sc2cc(F)c(I)cc2N)n1. The Balaban J connectivity index is 2.31. The molecule has 0 fully saturated rings. The van der Waals surface area contributed by atoms with Gasteiger partial charge in [-0.25, -0.2) is 9.37 Å². The molecule has 0 saturated heterocycles. The van der Waals surface area contributed by atoms with Crippen LogP contribution in [0.2, 0.25) is 0 Å². The lowest BCUT2D eigenvalue weighted by molar-refractivity contribution is 0.454. The monoisotopic (exact) mass is 350 g/mol. The van der Waals surface area contributed by atoms with Crippen LogP contribution in [0, 0.1) is 16.3 Å². The molecule has 2 rings (SSSR count). The summed E-state index contributed by atoms with van der Waals surface area (Å²) in [5, 5.41) is 0.463. The number of rotatable bonds is 2. The van der Waals surface area contributed by atoms with E-state index in [2.05, 4.69) is 4.98 Å². The molecule has 1 heterocycles. The third-order valence-corrected chi connectivity index (χ3v) is 3.61. The van der Waals surface area contributed by atoms with Crippen molar-refractivity contribution in [2.75, 3.05) is 5.73 Å². The van der Waals surface area contributed by atoms with E-state index in [9.17, 15) is 4.39 Å². The summed E-state index contributed by atoms with van der Waals surface area (Å²) in [6.07, 6.45) is 1.54. The van der Waals surface area contributed by atoms with E-state index in [1.165, 1.54) is 17.8 Å². The summed E-state index contributed by atoms with van der Waals surface area (Å²) in [6.45, 7) is 1.82. The molecule has 2 N–H and O–H groups in total. The molecular formula is C10H8FIN2OS. The lowest BCUT2D eigenvalue weighted by atomic mass is 10.3. The summed E-state index contributed by atoms with van der Waals surface area (Å²) >= 11 is 3.11. The maximum atomic E-state index is 13.3. The number of hydrogen-bond donors (Lipinski definition) is 1. The summed E-state index contributed by atoms with van der Waals surface area (Å²) in [5.74, 6) is -0.291. The normalized spacial score (nSPS) is 10.7. The highest BCUT2D eigenvalue weighted by Gasteiger charge is 2.10. The third kappa shape index (κ3) is 2.49. The van der Waals surface area contributed by atoms with Crippen LogP contribution in [0.3, 0.4) is 0 Å². The number of nitrogens with zero attached hydrogens (tertiary/aromatic N) is 1. The number of nitrogens with two attached hydrogens (primary N) is 1. The van der Waals surface area contributed by atoms with Gasteiger partial charge in [0.15, 0.2) is 0 Å². The van der Waals surface area contributed by atoms with Crippen LogP contribution in [0.4, 0.5) is 10.1 Å². The Kier molecular flexibility index (Phi) is 3.38. The number of hydrogen-bond acceptors (Lipinski definition) is 4. The van der Waals surface area contributed by atoms with Crippen molar-refractivity contribution < 1.29 is 8.81 Å². The fourth-order valence-electron chi connectivity index (χ4n) is 1.11. The van der Waals surface area contributed by atoms with Crippen molar-refractivity contribution in [1.82, 2.24) is 4.98 Å². The van der Waals surface area contributed by atoms with Crippen LogP contribution in [-0.4, -0.2) is 4.98 Å². The molecule has 0 atom stereocenters. The Morgan fingerprint density at radius 2 is 2.25 bits per heavy atom. The fraction of sp³-hybridized carbons (Fsp3) is 0.100. The maximum Gasteiger partial charge on any atom is 0.260 e. The second-order valence-corrected chi connectivity index (χ2v) is 5.32. The van der Waals surface area contributed by atoms with Crippen LogP contribution in [0.15, 0.2) is 32.9 Å². The molecule has 0 aliphatic heterocycles. The molecule has 0 amide bonds. The first-order valence-corrected chi connectivity index (χ1v) is 6.30. The highest BCUT2D eigenvalue weighted by atomic mass is 127. The van der Waals surface area contributed by atoms with Crippen molar-refractivity contribution in [3.05, 3.63) is 33.5 Å². The van der Waals surface area contributed by atoms with E-state index in [-0.39, 0.29) is 5.82 Å². The third-order valence-electron chi connectivity index (χ3n) is 1.85. The molecule has 1 aromatic carbocycles. The average Bonchev–Trinajstić information content (AvgIpc) is 2.60. The van der Waals surface area contributed by atoms with Gasteiger partial charge >= 0.3 is 0 Å². The van der Waals surface area contributed by atoms with Gasteiger partial charge in [-0.1, -0.05) is 0 Å². The van der Waals surface area contributed by atoms with Gasteiger partial charge in [0.25, 0.3) is 5.22 Å². The summed E-state index contributed by atoms with van der Waals surface area (Å²) in [6, 6.07) is 2.98. The zero-order valence-electron chi connectivity index (χ0n) is 8.33. The summed E-state index contributed by atoms with van der Waals surface area (Å²) in [4.78, 5) is 4.73. The van der Waals surface area contributed by atoms with E-state index in [0.717, 1.165) is 5.69 Å². The van der Waals surface area contributed by atoms with Crippen LogP contribution < -0.4 is 5.73 Å². The van der Waals surface area contributed by atoms with Crippen LogP contribution >= 0.6 is 34.4 Å². The summed E-state index contributed by atoms with van der Waals surface area (Å²) < 4.78 is 19.0. The number of aromatic nitrogens is 1. The molecule has 0 spiro atoms. The molecule has 1 aromatic heterocycles. The largest absolute Gasteiger partial charge is 0.439 e. The number of benzene rings is 1. The Bertz CT molecular complexity index is 530. The molecular weight excluding hydrogens is 342 g/mol. The van der Waals surface area contributed by atoms with Gasteiger partial charge in [-0.2, -0.15) is 0 Å². The molecule has 0 saturated carbocycles. The number of halogens is 2. The smallest absolute Gasteiger partial charge is 0.260 e. The first-order chi connectivity index (χ1) is 7.56. The molecule has 2 aromatic rings. The van der Waals surface area contributed by atoms with Gasteiger partial charge in [0.1, 0.15) is 12.1 Å². The Hall–Kier alpha value is -0.760. The molecule has 16 heavy (non-hydrogen) atoms. The van der Waals surface area contributed by atoms with Gasteiger partial charge in [-0.15, -0.1) is 0 Å². The Morgan fingerprint density at radius 1 is 1.50 bits per heavy atom. The van der Waals surface area contributed by atoms with E-state index >= 15 is 0 Å². The molecule has 0 unspecified atom stereocenters. The zero-order chi connectivity index (χ0) is 11.7. The minimum Gasteiger partial charge on any atom is -0.439 e. The van der Waals surface area contributed by atoms with Gasteiger partial charge in [0, 0.05) is 10.6 Å². The number of oxazole rings is 1. The summed E-state index contributed by atoms with van der Waals surface area (Å²) in [5.41, 5.74) is 7.09. The Morgan fingerprint density at radius 3 is 2.88 bits per heavy atom. The molecule has 0 radical (unpaired) electrons. The maximum absolute atomic E-state index is 13.3. The van der Waals surface area contributed by atoms with Crippen LogP contribution in [0.25, 0.3) is 0 Å². The molecule has 0 aliphatic rings. The van der Waals surface area contributed by atoms with E-state index < -0.39 is 0 Å². The van der Waals surface area contributed by atoms with Crippen LogP contribution in [-0.2, 0) is 0 Å². The van der Waals surface area contributed by atoms with Gasteiger partial charge in [0.05, 0.1) is 9.26 Å². The Labute approximate surface area is 110 Å². The van der Waals surface area contributed by atoms with Gasteiger partial charge in [0.2, 0.25) is 0 Å². The van der Waals surface area contributed by atoms with Crippen molar-refractivity contribution in [2.24, 2.45) is 0 Å². The molecule has 6 heteroatoms. The first kappa shape index (κ1) is 11.7. The van der Waals surface area contributed by atoms with Crippen molar-refractivity contribution in [1.29, 1.82) is 0 Å². The van der Waals surface area contributed by atoms with E-state index in [1.54, 1.807) is 12.3 Å². The second kappa shape index (κ2) is 4.62. The lowest BCUT2D eigenvalue weighted by Crippen LogP contribution is -1.92. The predicted molar refractivity (Wildman–Crippen MR) is 68.9 cm³/mol. The van der Waals surface area contributed by atoms with Gasteiger partial charge in [-0.05, 0) is 53.4 Å². The molecule has 84 valence electrons. The minimum atomic E-state index is -0.291. The van der Waals surface area contributed by atoms with Crippen molar-refractivity contribution in [3.8, 4) is 0 Å². The van der Waals surface area contributed by atoms with Crippen molar-refractivity contribution >= 4 is 40.0 Å². The fourth-order valence-corrected chi connectivity index (χ4v) is 2.41. The van der Waals surface area contributed by atoms with Crippen molar-refractivity contribution in [2.45, 2.75) is 17.0 Å². The second-order valence-electron chi connectivity index (χ2n) is 3.16. The molecule has 3 nitrogen and oxygen atoms in total. The van der Waals surface area contributed by atoms with Crippen LogP contribution in [0.5, 0.6) is 0 Å². The number of nitrogen functional groups attached to an aromatic ring is 1.